The molecule has 20 heavy (non-hydrogen) atoms. The number of nitro groups is 1. The molecule has 0 aliphatic heterocycles. The lowest BCUT2D eigenvalue weighted by Crippen LogP contribution is -2.35. The Morgan fingerprint density at radius 2 is 2.25 bits per heavy atom. The standard InChI is InChI=1S/C13H16N4O3/c1-3-6-15-13(18)9-16(2)11-4-5-12(17(19)20)10(7-11)8-14/h4-5,7H,3,6,9H2,1-2H3,(H,15,18). The summed E-state index contributed by atoms with van der Waals surface area (Å²) in [4.78, 5) is 23.4. The smallest absolute Gasteiger partial charge is 0.287 e. The van der Waals surface area contributed by atoms with Crippen LogP contribution >= 0.6 is 0 Å². The van der Waals surface area contributed by atoms with Gasteiger partial charge in [0.05, 0.1) is 11.5 Å². The summed E-state index contributed by atoms with van der Waals surface area (Å²) in [5.74, 6) is -0.133. The molecule has 0 aliphatic carbocycles. The molecule has 1 rings (SSSR count). The van der Waals surface area contributed by atoms with Crippen molar-refractivity contribution in [1.82, 2.24) is 5.32 Å². The number of carbonyl (C=O) groups is 1. The molecule has 0 fully saturated rings. The third-order valence-electron chi connectivity index (χ3n) is 2.69. The molecule has 1 aromatic carbocycles. The van der Waals surface area contributed by atoms with Gasteiger partial charge in [-0.3, -0.25) is 14.9 Å². The van der Waals surface area contributed by atoms with Crippen LogP contribution in [0.1, 0.15) is 18.9 Å². The Bertz CT molecular complexity index is 551. The van der Waals surface area contributed by atoms with Crippen LogP contribution in [0.5, 0.6) is 0 Å². The predicted molar refractivity (Wildman–Crippen MR) is 74.4 cm³/mol. The minimum absolute atomic E-state index is 0.0201. The maximum atomic E-state index is 11.6. The number of benzene rings is 1. The summed E-state index contributed by atoms with van der Waals surface area (Å²) in [6.07, 6.45) is 0.853. The number of rotatable bonds is 6. The summed E-state index contributed by atoms with van der Waals surface area (Å²) in [6, 6.07) is 5.99. The first kappa shape index (κ1) is 15.4. The molecule has 0 saturated carbocycles. The van der Waals surface area contributed by atoms with E-state index in [1.165, 1.54) is 18.2 Å². The van der Waals surface area contributed by atoms with E-state index in [0.29, 0.717) is 12.2 Å². The first-order chi connectivity index (χ1) is 9.49. The van der Waals surface area contributed by atoms with Crippen molar-refractivity contribution in [2.24, 2.45) is 0 Å². The Labute approximate surface area is 117 Å². The first-order valence-corrected chi connectivity index (χ1v) is 6.16. The van der Waals surface area contributed by atoms with Crippen LogP contribution in [0, 0.1) is 21.4 Å². The molecule has 0 bridgehead atoms. The second-order valence-electron chi connectivity index (χ2n) is 4.28. The Balaban J connectivity index is 2.84. The van der Waals surface area contributed by atoms with Crippen molar-refractivity contribution in [2.75, 3.05) is 25.0 Å². The van der Waals surface area contributed by atoms with Gasteiger partial charge in [-0.2, -0.15) is 5.26 Å². The molecule has 0 aromatic heterocycles. The number of hydrogen-bond donors (Lipinski definition) is 1. The Hall–Kier alpha value is -2.62. The second-order valence-corrected chi connectivity index (χ2v) is 4.28. The quantitative estimate of drug-likeness (QED) is 0.626. The molecule has 1 aromatic rings. The lowest BCUT2D eigenvalue weighted by atomic mass is 10.1. The van der Waals surface area contributed by atoms with Gasteiger partial charge in [0.15, 0.2) is 0 Å². The molecule has 7 heteroatoms. The van der Waals surface area contributed by atoms with E-state index in [-0.39, 0.29) is 23.7 Å². The number of anilines is 1. The van der Waals surface area contributed by atoms with Gasteiger partial charge in [0.2, 0.25) is 5.91 Å². The van der Waals surface area contributed by atoms with Crippen molar-refractivity contribution in [3.05, 3.63) is 33.9 Å². The van der Waals surface area contributed by atoms with Crippen molar-refractivity contribution < 1.29 is 9.72 Å². The van der Waals surface area contributed by atoms with Crippen LogP contribution in [0.2, 0.25) is 0 Å². The van der Waals surface area contributed by atoms with Crippen molar-refractivity contribution >= 4 is 17.3 Å². The van der Waals surface area contributed by atoms with Gasteiger partial charge in [-0.05, 0) is 18.6 Å². The molecular weight excluding hydrogens is 260 g/mol. The van der Waals surface area contributed by atoms with Crippen molar-refractivity contribution in [2.45, 2.75) is 13.3 Å². The zero-order chi connectivity index (χ0) is 15.1. The van der Waals surface area contributed by atoms with Crippen LogP contribution in [0.25, 0.3) is 0 Å². The van der Waals surface area contributed by atoms with Crippen molar-refractivity contribution in [3.8, 4) is 6.07 Å². The van der Waals surface area contributed by atoms with Gasteiger partial charge in [0.25, 0.3) is 5.69 Å². The second kappa shape index (κ2) is 7.09. The number of nitrogens with one attached hydrogen (secondary N) is 1. The Morgan fingerprint density at radius 3 is 2.80 bits per heavy atom. The monoisotopic (exact) mass is 276 g/mol. The summed E-state index contributed by atoms with van der Waals surface area (Å²) in [5, 5.41) is 22.4. The van der Waals surface area contributed by atoms with E-state index in [9.17, 15) is 14.9 Å². The van der Waals surface area contributed by atoms with E-state index in [4.69, 9.17) is 5.26 Å². The first-order valence-electron chi connectivity index (χ1n) is 6.16. The van der Waals surface area contributed by atoms with Gasteiger partial charge in [0, 0.05) is 25.3 Å². The largest absolute Gasteiger partial charge is 0.365 e. The summed E-state index contributed by atoms with van der Waals surface area (Å²) in [6.45, 7) is 2.69. The van der Waals surface area contributed by atoms with E-state index >= 15 is 0 Å². The maximum Gasteiger partial charge on any atom is 0.287 e. The average Bonchev–Trinajstić information content (AvgIpc) is 2.44. The highest BCUT2D eigenvalue weighted by atomic mass is 16.6. The minimum Gasteiger partial charge on any atom is -0.365 e. The van der Waals surface area contributed by atoms with Crippen LogP contribution in [-0.2, 0) is 4.79 Å². The van der Waals surface area contributed by atoms with Crippen molar-refractivity contribution in [1.29, 1.82) is 5.26 Å². The molecule has 106 valence electrons. The number of amides is 1. The van der Waals surface area contributed by atoms with E-state index in [1.54, 1.807) is 18.0 Å². The molecule has 0 atom stereocenters. The number of hydrogen-bond acceptors (Lipinski definition) is 5. The van der Waals surface area contributed by atoms with Crippen LogP contribution in [0.15, 0.2) is 18.2 Å². The van der Waals surface area contributed by atoms with Crippen LogP contribution in [-0.4, -0.2) is 31.0 Å². The highest BCUT2D eigenvalue weighted by Crippen LogP contribution is 2.23. The van der Waals surface area contributed by atoms with Crippen molar-refractivity contribution in [3.63, 3.8) is 0 Å². The molecule has 0 unspecified atom stereocenters. The zero-order valence-electron chi connectivity index (χ0n) is 11.4. The van der Waals surface area contributed by atoms with E-state index < -0.39 is 4.92 Å². The van der Waals surface area contributed by atoms with Gasteiger partial charge in [0.1, 0.15) is 11.6 Å². The van der Waals surface area contributed by atoms with Gasteiger partial charge < -0.3 is 10.2 Å². The normalized spacial score (nSPS) is 9.65. The van der Waals surface area contributed by atoms with E-state index in [2.05, 4.69) is 5.32 Å². The summed E-state index contributed by atoms with van der Waals surface area (Å²) in [7, 11) is 1.69. The van der Waals surface area contributed by atoms with Crippen LogP contribution in [0.4, 0.5) is 11.4 Å². The molecule has 7 nitrogen and oxygen atoms in total. The summed E-state index contributed by atoms with van der Waals surface area (Å²) < 4.78 is 0. The van der Waals surface area contributed by atoms with Crippen LogP contribution < -0.4 is 10.2 Å². The third-order valence-corrected chi connectivity index (χ3v) is 2.69. The maximum absolute atomic E-state index is 11.6. The van der Waals surface area contributed by atoms with E-state index in [0.717, 1.165) is 6.42 Å². The van der Waals surface area contributed by atoms with Gasteiger partial charge >= 0.3 is 0 Å². The number of nitrogens with zero attached hydrogens (tertiary/aromatic N) is 3. The Morgan fingerprint density at radius 1 is 1.55 bits per heavy atom. The fourth-order valence-electron chi connectivity index (χ4n) is 1.64. The fraction of sp³-hybridized carbons (Fsp3) is 0.385. The molecule has 1 amide bonds. The lowest BCUT2D eigenvalue weighted by molar-refractivity contribution is -0.385. The SMILES string of the molecule is CCCNC(=O)CN(C)c1ccc([N+](=O)[O-])c(C#N)c1. The molecule has 0 saturated heterocycles. The average molecular weight is 276 g/mol. The highest BCUT2D eigenvalue weighted by Gasteiger charge is 2.16. The lowest BCUT2D eigenvalue weighted by Gasteiger charge is -2.18. The molecular formula is C13H16N4O3. The topological polar surface area (TPSA) is 99.3 Å². The number of carbonyl (C=O) groups excluding carboxylic acids is 1. The number of nitriles is 1. The fourth-order valence-corrected chi connectivity index (χ4v) is 1.64. The highest BCUT2D eigenvalue weighted by molar-refractivity contribution is 5.81. The van der Waals surface area contributed by atoms with Gasteiger partial charge in [-0.15, -0.1) is 0 Å². The summed E-state index contributed by atoms with van der Waals surface area (Å²) >= 11 is 0. The zero-order valence-corrected chi connectivity index (χ0v) is 11.4. The number of nitro benzene ring substituents is 1. The van der Waals surface area contributed by atoms with Gasteiger partial charge in [-0.25, -0.2) is 0 Å². The van der Waals surface area contributed by atoms with E-state index in [1.807, 2.05) is 6.92 Å². The molecule has 0 spiro atoms. The molecule has 0 aliphatic rings. The number of likely N-dealkylation sites (N-methyl/N-ethyl adjacent to an activating group) is 1. The van der Waals surface area contributed by atoms with Crippen LogP contribution in [0.3, 0.4) is 0 Å². The Kier molecular flexibility index (Phi) is 5.47. The predicted octanol–water partition coefficient (Wildman–Crippen LogP) is 1.43. The molecule has 0 heterocycles. The summed E-state index contributed by atoms with van der Waals surface area (Å²) in [5.41, 5.74) is 0.326. The minimum atomic E-state index is -0.601. The molecule has 0 radical (unpaired) electrons. The van der Waals surface area contributed by atoms with Gasteiger partial charge in [-0.1, -0.05) is 6.92 Å². The third kappa shape index (κ3) is 3.95. The molecule has 1 N–H and O–H groups in total.